The van der Waals surface area contributed by atoms with Gasteiger partial charge in [0.25, 0.3) is 0 Å². The molecule has 0 aliphatic heterocycles. The Hall–Kier alpha value is -4.30. The molecule has 0 aromatic heterocycles. The molecule has 0 spiro atoms. The fourth-order valence-electron chi connectivity index (χ4n) is 6.26. The van der Waals surface area contributed by atoms with Crippen LogP contribution in [0, 0.1) is 13.8 Å². The molecule has 36 heavy (non-hydrogen) atoms. The molecular weight excluding hydrogens is 440 g/mol. The molecule has 2 heteroatoms. The van der Waals surface area contributed by atoms with Gasteiger partial charge in [-0.3, -0.25) is 0 Å². The van der Waals surface area contributed by atoms with Gasteiger partial charge >= 0.3 is 0 Å². The lowest BCUT2D eigenvalue weighted by Crippen LogP contribution is -1.96. The van der Waals surface area contributed by atoms with Crippen molar-refractivity contribution in [1.82, 2.24) is 0 Å². The summed E-state index contributed by atoms with van der Waals surface area (Å²) in [6.45, 7) is 4.34. The van der Waals surface area contributed by atoms with Crippen molar-refractivity contribution in [2.75, 3.05) is 14.2 Å². The minimum absolute atomic E-state index is 0.840. The summed E-state index contributed by atoms with van der Waals surface area (Å²) in [7, 11) is 3.49. The normalized spacial score (nSPS) is 11.9. The molecule has 0 unspecified atom stereocenters. The van der Waals surface area contributed by atoms with Gasteiger partial charge in [-0.25, -0.2) is 0 Å². The minimum Gasteiger partial charge on any atom is -0.496 e. The SMILES string of the molecule is COc1cc(OC)c2c3ccccc3c3cc(-c4cc(C)cc(C)c4)cc4c5ccccc5c1c2c43. The number of aryl methyl sites for hydroxylation is 2. The Morgan fingerprint density at radius 2 is 0.861 bits per heavy atom. The van der Waals surface area contributed by atoms with Crippen molar-refractivity contribution in [3.05, 3.63) is 96.1 Å². The molecule has 0 fully saturated rings. The van der Waals surface area contributed by atoms with Gasteiger partial charge in [-0.05, 0) is 74.8 Å². The Kier molecular flexibility index (Phi) is 4.44. The second-order valence-electron chi connectivity index (χ2n) is 9.82. The number of benzene rings is 7. The van der Waals surface area contributed by atoms with E-state index in [2.05, 4.69) is 92.7 Å². The van der Waals surface area contributed by atoms with E-state index in [1.807, 2.05) is 6.07 Å². The second kappa shape index (κ2) is 7.60. The molecule has 0 heterocycles. The topological polar surface area (TPSA) is 18.5 Å². The third-order valence-corrected chi connectivity index (χ3v) is 7.61. The third kappa shape index (κ3) is 2.79. The highest BCUT2D eigenvalue weighted by Gasteiger charge is 2.23. The van der Waals surface area contributed by atoms with E-state index in [1.165, 1.54) is 65.3 Å². The zero-order chi connectivity index (χ0) is 24.6. The van der Waals surface area contributed by atoms with Crippen LogP contribution in [0.25, 0.3) is 65.0 Å². The van der Waals surface area contributed by atoms with Gasteiger partial charge < -0.3 is 9.47 Å². The van der Waals surface area contributed by atoms with E-state index >= 15 is 0 Å². The van der Waals surface area contributed by atoms with E-state index < -0.39 is 0 Å². The average molecular weight is 467 g/mol. The second-order valence-corrected chi connectivity index (χ2v) is 9.82. The summed E-state index contributed by atoms with van der Waals surface area (Å²) in [6, 6.07) is 31.0. The maximum atomic E-state index is 5.97. The average Bonchev–Trinajstić information content (AvgIpc) is 2.91. The van der Waals surface area contributed by atoms with Gasteiger partial charge in [0.15, 0.2) is 0 Å². The first-order chi connectivity index (χ1) is 17.6. The van der Waals surface area contributed by atoms with Gasteiger partial charge in [-0.1, -0.05) is 77.9 Å². The lowest BCUT2D eigenvalue weighted by atomic mass is 9.83. The van der Waals surface area contributed by atoms with Crippen LogP contribution in [0.5, 0.6) is 11.5 Å². The third-order valence-electron chi connectivity index (χ3n) is 7.61. The molecule has 0 bridgehead atoms. The fourth-order valence-corrected chi connectivity index (χ4v) is 6.26. The van der Waals surface area contributed by atoms with Gasteiger partial charge in [0, 0.05) is 22.2 Å². The first-order valence-electron chi connectivity index (χ1n) is 12.3. The summed E-state index contributed by atoms with van der Waals surface area (Å²) >= 11 is 0. The summed E-state index contributed by atoms with van der Waals surface area (Å²) < 4.78 is 11.9. The zero-order valence-electron chi connectivity index (χ0n) is 20.9. The monoisotopic (exact) mass is 466 g/mol. The first kappa shape index (κ1) is 21.0. The lowest BCUT2D eigenvalue weighted by molar-refractivity contribution is 0.401. The lowest BCUT2D eigenvalue weighted by Gasteiger charge is -2.22. The summed E-state index contributed by atoms with van der Waals surface area (Å²) in [5.41, 5.74) is 5.04. The molecule has 0 atom stereocenters. The smallest absolute Gasteiger partial charge is 0.131 e. The molecule has 7 rings (SSSR count). The van der Waals surface area contributed by atoms with Gasteiger partial charge in [0.1, 0.15) is 11.5 Å². The summed E-state index contributed by atoms with van der Waals surface area (Å²) in [4.78, 5) is 0. The molecule has 0 N–H and O–H groups in total. The van der Waals surface area contributed by atoms with Crippen molar-refractivity contribution < 1.29 is 9.47 Å². The highest BCUT2D eigenvalue weighted by molar-refractivity contribution is 6.42. The molecule has 0 aliphatic rings. The van der Waals surface area contributed by atoms with Gasteiger partial charge in [0.2, 0.25) is 0 Å². The number of ether oxygens (including phenoxy) is 2. The number of methoxy groups -OCH3 is 2. The van der Waals surface area contributed by atoms with Gasteiger partial charge in [0.05, 0.1) is 14.2 Å². The maximum absolute atomic E-state index is 5.97. The van der Waals surface area contributed by atoms with Crippen LogP contribution in [0.2, 0.25) is 0 Å². The molecule has 2 nitrogen and oxygen atoms in total. The van der Waals surface area contributed by atoms with Crippen LogP contribution < -0.4 is 9.47 Å². The minimum atomic E-state index is 0.840. The van der Waals surface area contributed by atoms with E-state index in [4.69, 9.17) is 9.47 Å². The highest BCUT2D eigenvalue weighted by atomic mass is 16.5. The Balaban J connectivity index is 1.83. The van der Waals surface area contributed by atoms with Crippen molar-refractivity contribution in [3.63, 3.8) is 0 Å². The van der Waals surface area contributed by atoms with Crippen LogP contribution in [-0.2, 0) is 0 Å². The van der Waals surface area contributed by atoms with Crippen molar-refractivity contribution in [1.29, 1.82) is 0 Å². The standard InChI is InChI=1S/C34H26O2/c1-19-13-20(2)15-21(14-19)22-16-27-23-9-5-7-11-25(23)32-29(35-3)18-30(36-4)33-26-12-8-6-10-24(26)28(17-22)31(27)34(32)33/h5-18H,1-4H3. The predicted octanol–water partition coefficient (Wildman–Crippen LogP) is 9.19. The number of hydrogen-bond acceptors (Lipinski definition) is 2. The number of hydrogen-bond donors (Lipinski definition) is 0. The van der Waals surface area contributed by atoms with E-state index in [-0.39, 0.29) is 0 Å². The molecule has 7 aromatic rings. The van der Waals surface area contributed by atoms with E-state index in [0.717, 1.165) is 22.3 Å². The molecule has 0 amide bonds. The van der Waals surface area contributed by atoms with Crippen molar-refractivity contribution in [3.8, 4) is 22.6 Å². The molecule has 0 saturated carbocycles. The van der Waals surface area contributed by atoms with E-state index in [1.54, 1.807) is 14.2 Å². The Labute approximate surface area is 210 Å². The molecule has 0 aliphatic carbocycles. The summed E-state index contributed by atoms with van der Waals surface area (Å²) in [5, 5.41) is 12.2. The molecule has 0 radical (unpaired) electrons. The number of fused-ring (bicyclic) bond motifs is 6. The molecule has 0 saturated heterocycles. The van der Waals surface area contributed by atoms with E-state index in [9.17, 15) is 0 Å². The fraction of sp³-hybridized carbons (Fsp3) is 0.118. The van der Waals surface area contributed by atoms with Gasteiger partial charge in [-0.15, -0.1) is 0 Å². The maximum Gasteiger partial charge on any atom is 0.131 e. The van der Waals surface area contributed by atoms with Gasteiger partial charge in [-0.2, -0.15) is 0 Å². The van der Waals surface area contributed by atoms with Crippen molar-refractivity contribution in [2.24, 2.45) is 0 Å². The molecule has 174 valence electrons. The molecular formula is C34H26O2. The highest BCUT2D eigenvalue weighted by Crippen LogP contribution is 2.51. The first-order valence-corrected chi connectivity index (χ1v) is 12.3. The Morgan fingerprint density at radius 1 is 0.417 bits per heavy atom. The predicted molar refractivity (Wildman–Crippen MR) is 153 cm³/mol. The summed E-state index contributed by atoms with van der Waals surface area (Å²) in [5.74, 6) is 1.68. The van der Waals surface area contributed by atoms with Crippen LogP contribution in [0.1, 0.15) is 11.1 Å². The van der Waals surface area contributed by atoms with E-state index in [0.29, 0.717) is 0 Å². The van der Waals surface area contributed by atoms with Crippen LogP contribution >= 0.6 is 0 Å². The van der Waals surface area contributed by atoms with Crippen LogP contribution in [0.15, 0.2) is 84.9 Å². The van der Waals surface area contributed by atoms with Crippen molar-refractivity contribution in [2.45, 2.75) is 13.8 Å². The van der Waals surface area contributed by atoms with Crippen LogP contribution in [0.4, 0.5) is 0 Å². The Bertz CT molecular complexity index is 1850. The Morgan fingerprint density at radius 3 is 1.33 bits per heavy atom. The largest absolute Gasteiger partial charge is 0.496 e. The van der Waals surface area contributed by atoms with Crippen molar-refractivity contribution >= 4 is 53.9 Å². The van der Waals surface area contributed by atoms with Crippen LogP contribution in [0.3, 0.4) is 0 Å². The van der Waals surface area contributed by atoms with Crippen LogP contribution in [-0.4, -0.2) is 14.2 Å². The zero-order valence-corrected chi connectivity index (χ0v) is 20.9. The quantitative estimate of drug-likeness (QED) is 0.191. The number of rotatable bonds is 3. The molecule has 7 aromatic carbocycles. The summed E-state index contributed by atoms with van der Waals surface area (Å²) in [6.07, 6.45) is 0.